The Hall–Kier alpha value is -1.79. The van der Waals surface area contributed by atoms with Gasteiger partial charge in [0.25, 0.3) is 5.91 Å². The second-order valence-electron chi connectivity index (χ2n) is 3.84. The van der Waals surface area contributed by atoms with Gasteiger partial charge in [-0.05, 0) is 18.2 Å². The number of anilines is 2. The highest BCUT2D eigenvalue weighted by molar-refractivity contribution is 5.99. The fourth-order valence-electron chi connectivity index (χ4n) is 1.69. The van der Waals surface area contributed by atoms with E-state index >= 15 is 0 Å². The smallest absolute Gasteiger partial charge is 0.250 e. The van der Waals surface area contributed by atoms with Crippen LogP contribution >= 0.6 is 0 Å². The quantitative estimate of drug-likeness (QED) is 0.585. The number of carbonyl (C=O) groups is 1. The average molecular weight is 253 g/mol. The Bertz CT molecular complexity index is 410. The van der Waals surface area contributed by atoms with Gasteiger partial charge in [-0.15, -0.1) is 0 Å². The lowest BCUT2D eigenvalue weighted by atomic mass is 10.1. The molecule has 0 heterocycles. The number of hydrogen-bond acceptors (Lipinski definition) is 5. The summed E-state index contributed by atoms with van der Waals surface area (Å²) in [7, 11) is 1.59. The van der Waals surface area contributed by atoms with Crippen LogP contribution < -0.4 is 16.4 Å². The third-order valence-electron chi connectivity index (χ3n) is 2.56. The SMILES string of the molecule is COCCN(CCO)c1cc(N)ccc1C(N)=O. The first-order valence-corrected chi connectivity index (χ1v) is 5.64. The highest BCUT2D eigenvalue weighted by Crippen LogP contribution is 2.23. The lowest BCUT2D eigenvalue weighted by Gasteiger charge is -2.25. The van der Waals surface area contributed by atoms with Crippen molar-refractivity contribution in [3.05, 3.63) is 23.8 Å². The van der Waals surface area contributed by atoms with Crippen molar-refractivity contribution < 1.29 is 14.6 Å². The molecule has 0 bridgehead atoms. The van der Waals surface area contributed by atoms with Crippen molar-refractivity contribution in [1.29, 1.82) is 0 Å². The van der Waals surface area contributed by atoms with E-state index in [0.717, 1.165) is 0 Å². The van der Waals surface area contributed by atoms with Crippen molar-refractivity contribution in [2.45, 2.75) is 0 Å². The van der Waals surface area contributed by atoms with Gasteiger partial charge in [0.05, 0.1) is 24.5 Å². The van der Waals surface area contributed by atoms with Crippen molar-refractivity contribution in [1.82, 2.24) is 0 Å². The fourth-order valence-corrected chi connectivity index (χ4v) is 1.69. The van der Waals surface area contributed by atoms with Crippen LogP contribution in [0, 0.1) is 0 Å². The molecular formula is C12H19N3O3. The fraction of sp³-hybridized carbons (Fsp3) is 0.417. The third-order valence-corrected chi connectivity index (χ3v) is 2.56. The maximum Gasteiger partial charge on any atom is 0.250 e. The number of nitrogen functional groups attached to an aromatic ring is 1. The van der Waals surface area contributed by atoms with E-state index in [-0.39, 0.29) is 6.61 Å². The summed E-state index contributed by atoms with van der Waals surface area (Å²) in [5.74, 6) is -0.523. The monoisotopic (exact) mass is 253 g/mol. The van der Waals surface area contributed by atoms with Crippen molar-refractivity contribution in [2.24, 2.45) is 5.73 Å². The minimum Gasteiger partial charge on any atom is -0.399 e. The minimum absolute atomic E-state index is 0.0310. The standard InChI is InChI=1S/C12H19N3O3/c1-18-7-5-15(4-6-16)11-8-9(13)2-3-10(11)12(14)17/h2-3,8,16H,4-7,13H2,1H3,(H2,14,17). The number of nitrogens with two attached hydrogens (primary N) is 2. The van der Waals surface area contributed by atoms with Gasteiger partial charge in [0, 0.05) is 25.9 Å². The summed E-state index contributed by atoms with van der Waals surface area (Å²) in [4.78, 5) is 13.2. The molecule has 0 aliphatic carbocycles. The summed E-state index contributed by atoms with van der Waals surface area (Å²) in [6, 6.07) is 4.88. The summed E-state index contributed by atoms with van der Waals surface area (Å²) >= 11 is 0. The van der Waals surface area contributed by atoms with Crippen LogP contribution in [0.3, 0.4) is 0 Å². The predicted octanol–water partition coefficient (Wildman–Crippen LogP) is -0.187. The Balaban J connectivity index is 3.07. The summed E-state index contributed by atoms with van der Waals surface area (Å²) in [6.07, 6.45) is 0. The number of methoxy groups -OCH3 is 1. The van der Waals surface area contributed by atoms with E-state index in [1.807, 2.05) is 4.90 Å². The molecule has 0 fully saturated rings. The molecule has 0 spiro atoms. The summed E-state index contributed by atoms with van der Waals surface area (Å²) in [6.45, 7) is 1.37. The largest absolute Gasteiger partial charge is 0.399 e. The molecular weight excluding hydrogens is 234 g/mol. The first-order chi connectivity index (χ1) is 8.60. The van der Waals surface area contributed by atoms with Gasteiger partial charge in [0.1, 0.15) is 0 Å². The van der Waals surface area contributed by atoms with E-state index in [1.54, 1.807) is 25.3 Å². The Labute approximate surface area is 106 Å². The number of carbonyl (C=O) groups excluding carboxylic acids is 1. The molecule has 0 atom stereocenters. The second kappa shape index (κ2) is 6.83. The van der Waals surface area contributed by atoms with Crippen LogP contribution in [0.1, 0.15) is 10.4 Å². The normalized spacial score (nSPS) is 10.3. The molecule has 0 aliphatic rings. The zero-order valence-corrected chi connectivity index (χ0v) is 10.4. The summed E-state index contributed by atoms with van der Waals surface area (Å²) in [5.41, 5.74) is 12.6. The topological polar surface area (TPSA) is 102 Å². The lowest BCUT2D eigenvalue weighted by molar-refractivity contribution is 0.100. The Morgan fingerprint density at radius 2 is 2.17 bits per heavy atom. The maximum atomic E-state index is 11.4. The van der Waals surface area contributed by atoms with Gasteiger partial charge in [-0.3, -0.25) is 4.79 Å². The number of hydrogen-bond donors (Lipinski definition) is 3. The number of aliphatic hydroxyl groups is 1. The van der Waals surface area contributed by atoms with Crippen LogP contribution in [0.2, 0.25) is 0 Å². The van der Waals surface area contributed by atoms with E-state index in [2.05, 4.69) is 0 Å². The molecule has 18 heavy (non-hydrogen) atoms. The van der Waals surface area contributed by atoms with Crippen LogP contribution in [0.4, 0.5) is 11.4 Å². The van der Waals surface area contributed by atoms with Crippen molar-refractivity contribution >= 4 is 17.3 Å². The average Bonchev–Trinajstić information content (AvgIpc) is 2.34. The highest BCUT2D eigenvalue weighted by atomic mass is 16.5. The summed E-state index contributed by atoms with van der Waals surface area (Å²) < 4.78 is 5.00. The maximum absolute atomic E-state index is 11.4. The van der Waals surface area contributed by atoms with Gasteiger partial charge in [-0.2, -0.15) is 0 Å². The first-order valence-electron chi connectivity index (χ1n) is 5.64. The second-order valence-corrected chi connectivity index (χ2v) is 3.84. The van der Waals surface area contributed by atoms with Gasteiger partial charge >= 0.3 is 0 Å². The predicted molar refractivity (Wildman–Crippen MR) is 70.5 cm³/mol. The molecule has 0 radical (unpaired) electrons. The van der Waals surface area contributed by atoms with E-state index in [9.17, 15) is 4.79 Å². The number of aliphatic hydroxyl groups excluding tert-OH is 1. The van der Waals surface area contributed by atoms with Crippen LogP contribution in [-0.2, 0) is 4.74 Å². The minimum atomic E-state index is -0.523. The van der Waals surface area contributed by atoms with Crippen molar-refractivity contribution in [2.75, 3.05) is 44.0 Å². The van der Waals surface area contributed by atoms with Gasteiger partial charge in [-0.1, -0.05) is 0 Å². The van der Waals surface area contributed by atoms with Gasteiger partial charge < -0.3 is 26.2 Å². The van der Waals surface area contributed by atoms with Gasteiger partial charge in [-0.25, -0.2) is 0 Å². The number of primary amides is 1. The molecule has 0 aliphatic heterocycles. The molecule has 0 aromatic heterocycles. The van der Waals surface area contributed by atoms with Crippen molar-refractivity contribution in [3.63, 3.8) is 0 Å². The van der Waals surface area contributed by atoms with Crippen LogP contribution in [-0.4, -0.2) is 44.4 Å². The lowest BCUT2D eigenvalue weighted by Crippen LogP contribution is -2.32. The van der Waals surface area contributed by atoms with E-state index in [1.165, 1.54) is 0 Å². The molecule has 0 saturated heterocycles. The highest BCUT2D eigenvalue weighted by Gasteiger charge is 2.14. The first kappa shape index (κ1) is 14.3. The van der Waals surface area contributed by atoms with Crippen LogP contribution in [0.15, 0.2) is 18.2 Å². The Kier molecular flexibility index (Phi) is 5.41. The molecule has 6 nitrogen and oxygen atoms in total. The van der Waals surface area contributed by atoms with Crippen molar-refractivity contribution in [3.8, 4) is 0 Å². The van der Waals surface area contributed by atoms with E-state index in [0.29, 0.717) is 36.6 Å². The summed E-state index contributed by atoms with van der Waals surface area (Å²) in [5, 5.41) is 9.07. The molecule has 1 aromatic rings. The molecule has 1 rings (SSSR count). The molecule has 1 aromatic carbocycles. The van der Waals surface area contributed by atoms with E-state index < -0.39 is 5.91 Å². The number of ether oxygens (including phenoxy) is 1. The van der Waals surface area contributed by atoms with Crippen LogP contribution in [0.25, 0.3) is 0 Å². The molecule has 0 unspecified atom stereocenters. The molecule has 0 saturated carbocycles. The Morgan fingerprint density at radius 1 is 1.44 bits per heavy atom. The van der Waals surface area contributed by atoms with Gasteiger partial charge in [0.15, 0.2) is 0 Å². The van der Waals surface area contributed by atoms with Crippen LogP contribution in [0.5, 0.6) is 0 Å². The number of rotatable bonds is 7. The Morgan fingerprint density at radius 3 is 2.72 bits per heavy atom. The zero-order valence-electron chi connectivity index (χ0n) is 10.4. The molecule has 5 N–H and O–H groups in total. The number of nitrogens with zero attached hydrogens (tertiary/aromatic N) is 1. The third kappa shape index (κ3) is 3.61. The molecule has 6 heteroatoms. The molecule has 1 amide bonds. The molecule has 100 valence electrons. The number of benzene rings is 1. The van der Waals surface area contributed by atoms with E-state index in [4.69, 9.17) is 21.3 Å². The number of amides is 1. The van der Waals surface area contributed by atoms with Gasteiger partial charge in [0.2, 0.25) is 0 Å². The zero-order chi connectivity index (χ0) is 13.5.